The maximum atomic E-state index is 11.6. The van der Waals surface area contributed by atoms with Crippen LogP contribution in [0.4, 0.5) is 5.69 Å². The average molecular weight is 290 g/mol. The topological polar surface area (TPSA) is 57.6 Å². The highest BCUT2D eigenvalue weighted by Crippen LogP contribution is 2.31. The molecule has 1 N–H and O–H groups in total. The van der Waals surface area contributed by atoms with Crippen LogP contribution in [0.2, 0.25) is 5.02 Å². The highest BCUT2D eigenvalue weighted by atomic mass is 35.5. The lowest BCUT2D eigenvalue weighted by Gasteiger charge is -2.19. The molecular formula is C15H12ClNO3. The van der Waals surface area contributed by atoms with Gasteiger partial charge in [-0.05, 0) is 23.8 Å². The molecule has 0 radical (unpaired) electrons. The molecule has 102 valence electrons. The number of benzene rings is 2. The number of amides is 1. The fourth-order valence-electron chi connectivity index (χ4n) is 1.92. The number of anilines is 1. The van der Waals surface area contributed by atoms with Crippen LogP contribution in [0.15, 0.2) is 48.5 Å². The maximum Gasteiger partial charge on any atom is 0.394 e. The average Bonchev–Trinajstić information content (AvgIpc) is 2.45. The lowest BCUT2D eigenvalue weighted by Crippen LogP contribution is -2.33. The number of hydrogen-bond donors (Lipinski definition) is 1. The van der Waals surface area contributed by atoms with Crippen molar-refractivity contribution in [2.24, 2.45) is 0 Å². The summed E-state index contributed by atoms with van der Waals surface area (Å²) < 4.78 is 0. The second-order valence-electron chi connectivity index (χ2n) is 4.20. The zero-order valence-electron chi connectivity index (χ0n) is 10.7. The largest absolute Gasteiger partial charge is 0.474 e. The molecule has 0 aromatic heterocycles. The van der Waals surface area contributed by atoms with Crippen LogP contribution in [0.3, 0.4) is 0 Å². The summed E-state index contributed by atoms with van der Waals surface area (Å²) in [5, 5.41) is 9.38. The smallest absolute Gasteiger partial charge is 0.394 e. The van der Waals surface area contributed by atoms with E-state index in [1.807, 2.05) is 18.2 Å². The third-order valence-corrected chi connectivity index (χ3v) is 3.12. The Morgan fingerprint density at radius 2 is 1.80 bits per heavy atom. The molecule has 2 aromatic carbocycles. The molecule has 0 atom stereocenters. The number of carboxylic acids is 1. The number of aliphatic carboxylic acids is 1. The van der Waals surface area contributed by atoms with Gasteiger partial charge in [-0.25, -0.2) is 4.79 Å². The van der Waals surface area contributed by atoms with Gasteiger partial charge in [0.2, 0.25) is 0 Å². The molecule has 5 heteroatoms. The second kappa shape index (κ2) is 5.75. The first kappa shape index (κ1) is 14.1. The first-order valence-electron chi connectivity index (χ1n) is 5.86. The number of likely N-dealkylation sites (N-methyl/N-ethyl adjacent to an activating group) is 1. The van der Waals surface area contributed by atoms with E-state index in [0.717, 1.165) is 16.0 Å². The van der Waals surface area contributed by atoms with Gasteiger partial charge in [0, 0.05) is 17.6 Å². The van der Waals surface area contributed by atoms with Crippen molar-refractivity contribution in [3.05, 3.63) is 53.6 Å². The fourth-order valence-corrected chi connectivity index (χ4v) is 2.11. The summed E-state index contributed by atoms with van der Waals surface area (Å²) in [4.78, 5) is 23.5. The first-order chi connectivity index (χ1) is 9.50. The number of rotatable bonds is 2. The zero-order valence-corrected chi connectivity index (χ0v) is 11.5. The summed E-state index contributed by atoms with van der Waals surface area (Å²) in [5.74, 6) is -2.48. The van der Waals surface area contributed by atoms with Gasteiger partial charge < -0.3 is 10.0 Å². The van der Waals surface area contributed by atoms with E-state index in [4.69, 9.17) is 16.7 Å². The molecular weight excluding hydrogens is 278 g/mol. The summed E-state index contributed by atoms with van der Waals surface area (Å²) in [7, 11) is 1.43. The van der Waals surface area contributed by atoms with Gasteiger partial charge in [0.1, 0.15) is 0 Å². The van der Waals surface area contributed by atoms with Crippen molar-refractivity contribution in [2.45, 2.75) is 0 Å². The predicted octanol–water partition coefficient (Wildman–Crippen LogP) is 3.05. The third kappa shape index (κ3) is 2.81. The van der Waals surface area contributed by atoms with Crippen LogP contribution < -0.4 is 4.90 Å². The Bertz CT molecular complexity index is 670. The zero-order chi connectivity index (χ0) is 14.7. The summed E-state index contributed by atoms with van der Waals surface area (Å²) in [6, 6.07) is 14.2. The highest BCUT2D eigenvalue weighted by molar-refractivity contribution is 6.37. The molecule has 2 rings (SSSR count). The standard InChI is InChI=1S/C15H12ClNO3/c1-17(14(18)15(19)20)13-8-3-2-7-12(13)10-5-4-6-11(16)9-10/h2-9H,1H3,(H,19,20). The number of carbonyl (C=O) groups is 2. The van der Waals surface area contributed by atoms with E-state index < -0.39 is 11.9 Å². The summed E-state index contributed by atoms with van der Waals surface area (Å²) in [6.07, 6.45) is 0. The Balaban J connectivity index is 2.51. The molecule has 20 heavy (non-hydrogen) atoms. The van der Waals surface area contributed by atoms with E-state index in [1.54, 1.807) is 30.3 Å². The van der Waals surface area contributed by atoms with Gasteiger partial charge in [-0.2, -0.15) is 0 Å². The van der Waals surface area contributed by atoms with E-state index in [2.05, 4.69) is 0 Å². The number of para-hydroxylation sites is 1. The molecule has 0 aliphatic heterocycles. The van der Waals surface area contributed by atoms with Crippen molar-refractivity contribution in [3.8, 4) is 11.1 Å². The maximum absolute atomic E-state index is 11.6. The Labute approximate surface area is 121 Å². The summed E-state index contributed by atoms with van der Waals surface area (Å²) in [5.41, 5.74) is 2.08. The Morgan fingerprint density at radius 1 is 1.10 bits per heavy atom. The van der Waals surface area contributed by atoms with Gasteiger partial charge in [-0.1, -0.05) is 41.9 Å². The molecule has 0 saturated heterocycles. The summed E-state index contributed by atoms with van der Waals surface area (Å²) >= 11 is 5.96. The van der Waals surface area contributed by atoms with Gasteiger partial charge in [-0.15, -0.1) is 0 Å². The minimum absolute atomic E-state index is 0.516. The van der Waals surface area contributed by atoms with E-state index >= 15 is 0 Å². The second-order valence-corrected chi connectivity index (χ2v) is 4.63. The summed E-state index contributed by atoms with van der Waals surface area (Å²) in [6.45, 7) is 0. The molecule has 0 fully saturated rings. The molecule has 4 nitrogen and oxygen atoms in total. The van der Waals surface area contributed by atoms with Crippen molar-refractivity contribution < 1.29 is 14.7 Å². The number of halogens is 1. The molecule has 2 aromatic rings. The van der Waals surface area contributed by atoms with Gasteiger partial charge in [0.05, 0.1) is 5.69 Å². The van der Waals surface area contributed by atoms with Crippen molar-refractivity contribution in [1.82, 2.24) is 0 Å². The van der Waals surface area contributed by atoms with Crippen LogP contribution in [0, 0.1) is 0 Å². The highest BCUT2D eigenvalue weighted by Gasteiger charge is 2.21. The van der Waals surface area contributed by atoms with Crippen LogP contribution in [-0.4, -0.2) is 24.0 Å². The van der Waals surface area contributed by atoms with Crippen LogP contribution in [-0.2, 0) is 9.59 Å². The van der Waals surface area contributed by atoms with Crippen molar-refractivity contribution >= 4 is 29.2 Å². The van der Waals surface area contributed by atoms with E-state index in [0.29, 0.717) is 10.7 Å². The first-order valence-corrected chi connectivity index (χ1v) is 6.24. The number of hydrogen-bond acceptors (Lipinski definition) is 2. The SMILES string of the molecule is CN(C(=O)C(=O)O)c1ccccc1-c1cccc(Cl)c1. The van der Waals surface area contributed by atoms with Gasteiger partial charge >= 0.3 is 11.9 Å². The van der Waals surface area contributed by atoms with Gasteiger partial charge in [0.15, 0.2) is 0 Å². The predicted molar refractivity (Wildman–Crippen MR) is 77.9 cm³/mol. The number of carboxylic acid groups (broad SMARTS) is 1. The van der Waals surface area contributed by atoms with E-state index in [-0.39, 0.29) is 0 Å². The van der Waals surface area contributed by atoms with Crippen molar-refractivity contribution in [3.63, 3.8) is 0 Å². The fraction of sp³-hybridized carbons (Fsp3) is 0.0667. The molecule has 0 spiro atoms. The van der Waals surface area contributed by atoms with Gasteiger partial charge in [0.25, 0.3) is 0 Å². The van der Waals surface area contributed by atoms with Crippen LogP contribution >= 0.6 is 11.6 Å². The molecule has 0 saturated carbocycles. The molecule has 1 amide bonds. The van der Waals surface area contributed by atoms with Gasteiger partial charge in [-0.3, -0.25) is 4.79 Å². The van der Waals surface area contributed by atoms with Crippen molar-refractivity contribution in [1.29, 1.82) is 0 Å². The van der Waals surface area contributed by atoms with Crippen molar-refractivity contribution in [2.75, 3.05) is 11.9 Å². The van der Waals surface area contributed by atoms with E-state index in [9.17, 15) is 9.59 Å². The minimum atomic E-state index is -1.49. The Kier molecular flexibility index (Phi) is 4.05. The lowest BCUT2D eigenvalue weighted by atomic mass is 10.0. The Morgan fingerprint density at radius 3 is 2.45 bits per heavy atom. The monoisotopic (exact) mass is 289 g/mol. The molecule has 0 heterocycles. The quantitative estimate of drug-likeness (QED) is 0.865. The molecule has 0 unspecified atom stereocenters. The Hall–Kier alpha value is -2.33. The molecule has 0 aliphatic rings. The third-order valence-electron chi connectivity index (χ3n) is 2.89. The number of carbonyl (C=O) groups excluding carboxylic acids is 1. The molecule has 0 aliphatic carbocycles. The normalized spacial score (nSPS) is 10.1. The lowest BCUT2D eigenvalue weighted by molar-refractivity contribution is -0.148. The van der Waals surface area contributed by atoms with Crippen LogP contribution in [0.1, 0.15) is 0 Å². The van der Waals surface area contributed by atoms with E-state index in [1.165, 1.54) is 7.05 Å². The van der Waals surface area contributed by atoms with Crippen LogP contribution in [0.5, 0.6) is 0 Å². The minimum Gasteiger partial charge on any atom is -0.474 e. The molecule has 0 bridgehead atoms. The van der Waals surface area contributed by atoms with Crippen LogP contribution in [0.25, 0.3) is 11.1 Å². The number of nitrogens with zero attached hydrogens (tertiary/aromatic N) is 1.